The maximum Gasteiger partial charge on any atom is 0.416 e. The van der Waals surface area contributed by atoms with Crippen LogP contribution in [0.2, 0.25) is 0 Å². The van der Waals surface area contributed by atoms with Crippen molar-refractivity contribution in [1.29, 1.82) is 0 Å². The van der Waals surface area contributed by atoms with Gasteiger partial charge >= 0.3 is 12.3 Å². The van der Waals surface area contributed by atoms with Crippen LogP contribution in [0.3, 0.4) is 0 Å². The molecule has 0 bridgehead atoms. The van der Waals surface area contributed by atoms with Crippen LogP contribution in [0.1, 0.15) is 54.6 Å². The summed E-state index contributed by atoms with van der Waals surface area (Å²) < 4.78 is 43.9. The Hall–Kier alpha value is -3.93. The van der Waals surface area contributed by atoms with Gasteiger partial charge < -0.3 is 19.5 Å². The van der Waals surface area contributed by atoms with Crippen molar-refractivity contribution in [2.75, 3.05) is 39.3 Å². The second-order valence-corrected chi connectivity index (χ2v) is 11.3. The Balaban J connectivity index is 1.17. The van der Waals surface area contributed by atoms with Crippen LogP contribution in [0, 0.1) is 0 Å². The second-order valence-electron chi connectivity index (χ2n) is 11.3. The van der Waals surface area contributed by atoms with E-state index in [0.717, 1.165) is 29.0 Å². The highest BCUT2D eigenvalue weighted by atomic mass is 19.4. The highest BCUT2D eigenvalue weighted by Crippen LogP contribution is 2.29. The van der Waals surface area contributed by atoms with E-state index < -0.39 is 17.3 Å². The molecule has 41 heavy (non-hydrogen) atoms. The molecular formula is C29H33F3N6O3. The van der Waals surface area contributed by atoms with Gasteiger partial charge in [0.25, 0.3) is 5.91 Å². The number of H-pyrrole nitrogens is 1. The number of benzene rings is 1. The molecule has 2 amide bonds. The van der Waals surface area contributed by atoms with E-state index in [9.17, 15) is 22.8 Å². The van der Waals surface area contributed by atoms with Crippen molar-refractivity contribution < 1.29 is 27.5 Å². The molecule has 2 aliphatic rings. The van der Waals surface area contributed by atoms with E-state index >= 15 is 0 Å². The number of aromatic amines is 1. The standard InChI is InChI=1S/C29H33F3N6O3/c1-28(2,3)41-27(40)38-12-10-20(11-13-38)22-8-9-23-24(33-22)35-25(34-23)26(39)37-16-14-36(15-17-37)18-19-4-6-21(7-5-19)29(30,31)32/h4-10H,11-18H2,1-3H3,(H,33,34,35). The minimum absolute atomic E-state index is 0.217. The van der Waals surface area contributed by atoms with Crippen LogP contribution in [0.15, 0.2) is 42.5 Å². The molecule has 0 saturated carbocycles. The third kappa shape index (κ3) is 6.87. The predicted molar refractivity (Wildman–Crippen MR) is 147 cm³/mol. The number of carbonyl (C=O) groups excluding carboxylic acids is 2. The molecule has 1 aromatic carbocycles. The zero-order valence-corrected chi connectivity index (χ0v) is 23.3. The highest BCUT2D eigenvalue weighted by Gasteiger charge is 2.30. The number of piperazine rings is 1. The monoisotopic (exact) mass is 570 g/mol. The van der Waals surface area contributed by atoms with Crippen molar-refractivity contribution in [3.8, 4) is 0 Å². The van der Waals surface area contributed by atoms with Crippen LogP contribution < -0.4 is 0 Å². The van der Waals surface area contributed by atoms with Gasteiger partial charge in [-0.05, 0) is 62.6 Å². The average molecular weight is 571 g/mol. The Kier molecular flexibility index (Phi) is 7.78. The first kappa shape index (κ1) is 28.6. The smallest absolute Gasteiger partial charge is 0.416 e. The van der Waals surface area contributed by atoms with Gasteiger partial charge in [0.05, 0.1) is 16.8 Å². The molecule has 9 nitrogen and oxygen atoms in total. The molecule has 5 rings (SSSR count). The second kappa shape index (κ2) is 11.2. The maximum atomic E-state index is 13.2. The molecule has 0 atom stereocenters. The van der Waals surface area contributed by atoms with Crippen molar-refractivity contribution in [3.05, 3.63) is 65.1 Å². The summed E-state index contributed by atoms with van der Waals surface area (Å²) in [4.78, 5) is 43.2. The first-order valence-corrected chi connectivity index (χ1v) is 13.6. The fourth-order valence-electron chi connectivity index (χ4n) is 4.88. The number of nitrogens with one attached hydrogen (secondary N) is 1. The largest absolute Gasteiger partial charge is 0.444 e. The normalized spacial score (nSPS) is 17.1. The lowest BCUT2D eigenvalue weighted by Gasteiger charge is -2.34. The third-order valence-electron chi connectivity index (χ3n) is 7.09. The number of imidazole rings is 1. The number of ether oxygens (including phenoxy) is 1. The number of amides is 2. The molecule has 12 heteroatoms. The quantitative estimate of drug-likeness (QED) is 0.477. The number of carbonyl (C=O) groups is 2. The number of pyridine rings is 1. The van der Waals surface area contributed by atoms with Gasteiger partial charge in [0.2, 0.25) is 0 Å². The molecule has 0 unspecified atom stereocenters. The zero-order chi connectivity index (χ0) is 29.4. The van der Waals surface area contributed by atoms with E-state index in [0.29, 0.717) is 63.4 Å². The summed E-state index contributed by atoms with van der Waals surface area (Å²) in [5.74, 6) is -0.00169. The lowest BCUT2D eigenvalue weighted by Crippen LogP contribution is -2.48. The number of fused-ring (bicyclic) bond motifs is 1. The van der Waals surface area contributed by atoms with Gasteiger partial charge in [-0.1, -0.05) is 18.2 Å². The summed E-state index contributed by atoms with van der Waals surface area (Å²) in [6.45, 7) is 9.15. The van der Waals surface area contributed by atoms with Gasteiger partial charge in [0.1, 0.15) is 5.60 Å². The van der Waals surface area contributed by atoms with Crippen molar-refractivity contribution in [3.63, 3.8) is 0 Å². The first-order valence-electron chi connectivity index (χ1n) is 13.6. The average Bonchev–Trinajstić information content (AvgIpc) is 3.36. The van der Waals surface area contributed by atoms with Gasteiger partial charge in [-0.2, -0.15) is 13.2 Å². The summed E-state index contributed by atoms with van der Waals surface area (Å²) in [6, 6.07) is 8.92. The molecule has 0 aliphatic carbocycles. The van der Waals surface area contributed by atoms with Crippen LogP contribution >= 0.6 is 0 Å². The van der Waals surface area contributed by atoms with Crippen LogP contribution in [0.5, 0.6) is 0 Å². The SMILES string of the molecule is CC(C)(C)OC(=O)N1CC=C(c2ccc3[nH]c(C(=O)N4CCN(Cc5ccc(C(F)(F)F)cc5)CC4)nc3n2)CC1. The van der Waals surface area contributed by atoms with Crippen molar-refractivity contribution >= 4 is 28.7 Å². The number of alkyl halides is 3. The van der Waals surface area contributed by atoms with Crippen molar-refractivity contribution in [1.82, 2.24) is 29.7 Å². The molecule has 3 aromatic rings. The Labute approximate surface area is 236 Å². The topological polar surface area (TPSA) is 94.7 Å². The Bertz CT molecular complexity index is 1450. The minimum Gasteiger partial charge on any atom is -0.444 e. The molecule has 1 fully saturated rings. The van der Waals surface area contributed by atoms with Gasteiger partial charge in [0.15, 0.2) is 11.5 Å². The molecule has 2 aliphatic heterocycles. The summed E-state index contributed by atoms with van der Waals surface area (Å²) in [5, 5.41) is 0. The van der Waals surface area contributed by atoms with Gasteiger partial charge in [-0.3, -0.25) is 9.69 Å². The number of nitrogens with zero attached hydrogens (tertiary/aromatic N) is 5. The van der Waals surface area contributed by atoms with E-state index in [2.05, 4.69) is 19.9 Å². The molecule has 1 N–H and O–H groups in total. The number of hydrogen-bond acceptors (Lipinski definition) is 6. The number of hydrogen-bond donors (Lipinski definition) is 1. The van der Waals surface area contributed by atoms with Gasteiger partial charge in [-0.15, -0.1) is 0 Å². The van der Waals surface area contributed by atoms with Gasteiger partial charge in [-0.25, -0.2) is 14.8 Å². The molecule has 4 heterocycles. The molecule has 218 valence electrons. The van der Waals surface area contributed by atoms with Crippen LogP contribution in [0.25, 0.3) is 16.7 Å². The summed E-state index contributed by atoms with van der Waals surface area (Å²) >= 11 is 0. The lowest BCUT2D eigenvalue weighted by atomic mass is 10.0. The Morgan fingerprint density at radius 3 is 2.24 bits per heavy atom. The van der Waals surface area contributed by atoms with Gasteiger partial charge in [0, 0.05) is 45.8 Å². The zero-order valence-electron chi connectivity index (χ0n) is 23.3. The van der Waals surface area contributed by atoms with Crippen LogP contribution in [-0.4, -0.2) is 86.5 Å². The van der Waals surface area contributed by atoms with E-state index in [-0.39, 0.29) is 17.8 Å². The van der Waals surface area contributed by atoms with E-state index in [1.54, 1.807) is 9.80 Å². The van der Waals surface area contributed by atoms with Crippen molar-refractivity contribution in [2.45, 2.75) is 45.5 Å². The minimum atomic E-state index is -4.35. The summed E-state index contributed by atoms with van der Waals surface area (Å²) in [6.07, 6.45) is -2.10. The maximum absolute atomic E-state index is 13.2. The number of aromatic nitrogens is 3. The number of halogens is 3. The summed E-state index contributed by atoms with van der Waals surface area (Å²) in [5.41, 5.74) is 2.45. The first-order chi connectivity index (χ1) is 19.4. The highest BCUT2D eigenvalue weighted by molar-refractivity contribution is 5.93. The van der Waals surface area contributed by atoms with E-state index in [1.165, 1.54) is 12.1 Å². The van der Waals surface area contributed by atoms with Crippen LogP contribution in [0.4, 0.5) is 18.0 Å². The fourth-order valence-corrected chi connectivity index (χ4v) is 4.88. The Morgan fingerprint density at radius 2 is 1.63 bits per heavy atom. The molecule has 0 spiro atoms. The Morgan fingerprint density at radius 1 is 0.927 bits per heavy atom. The van der Waals surface area contributed by atoms with Crippen LogP contribution in [-0.2, 0) is 17.5 Å². The van der Waals surface area contributed by atoms with E-state index in [4.69, 9.17) is 4.74 Å². The van der Waals surface area contributed by atoms with E-state index in [1.807, 2.05) is 39.0 Å². The fraction of sp³-hybridized carbons (Fsp3) is 0.448. The molecule has 0 radical (unpaired) electrons. The van der Waals surface area contributed by atoms with Crippen molar-refractivity contribution in [2.24, 2.45) is 0 Å². The third-order valence-corrected chi connectivity index (χ3v) is 7.09. The molecule has 1 saturated heterocycles. The predicted octanol–water partition coefficient (Wildman–Crippen LogP) is 4.96. The molecular weight excluding hydrogens is 537 g/mol. The molecule has 2 aromatic heterocycles. The summed E-state index contributed by atoms with van der Waals surface area (Å²) in [7, 11) is 0. The number of rotatable bonds is 4. The lowest BCUT2D eigenvalue weighted by molar-refractivity contribution is -0.137.